The van der Waals surface area contributed by atoms with E-state index in [2.05, 4.69) is 4.72 Å². The van der Waals surface area contributed by atoms with Crippen LogP contribution in [0.25, 0.3) is 0 Å². The zero-order valence-corrected chi connectivity index (χ0v) is 18.1. The Kier molecular flexibility index (Phi) is 7.32. The molecule has 0 aliphatic carbocycles. The van der Waals surface area contributed by atoms with Crippen LogP contribution in [0.4, 0.5) is 0 Å². The molecule has 6 nitrogen and oxygen atoms in total. The van der Waals surface area contributed by atoms with E-state index < -0.39 is 16.1 Å². The third kappa shape index (κ3) is 4.97. The summed E-state index contributed by atoms with van der Waals surface area (Å²) in [7, 11) is -2.14. The van der Waals surface area contributed by atoms with E-state index in [1.54, 1.807) is 39.2 Å². The van der Waals surface area contributed by atoms with Gasteiger partial charge in [-0.25, -0.2) is 13.1 Å². The molecule has 0 heterocycles. The molecule has 154 valence electrons. The van der Waals surface area contributed by atoms with Crippen LogP contribution in [0.3, 0.4) is 0 Å². The maximum absolute atomic E-state index is 13.0. The van der Waals surface area contributed by atoms with Gasteiger partial charge in [-0.15, -0.1) is 0 Å². The smallest absolute Gasteiger partial charge is 0.241 e. The first-order chi connectivity index (χ1) is 13.2. The Morgan fingerprint density at radius 2 is 1.57 bits per heavy atom. The minimum atomic E-state index is -3.71. The molecule has 2 aromatic carbocycles. The van der Waals surface area contributed by atoms with Gasteiger partial charge in [-0.1, -0.05) is 6.07 Å². The van der Waals surface area contributed by atoms with Gasteiger partial charge in [0.1, 0.15) is 5.75 Å². The molecule has 0 saturated carbocycles. The predicted molar refractivity (Wildman–Crippen MR) is 110 cm³/mol. The molecular weight excluding hydrogens is 378 g/mol. The van der Waals surface area contributed by atoms with E-state index >= 15 is 0 Å². The molecule has 0 saturated heterocycles. The average Bonchev–Trinajstić information content (AvgIpc) is 2.64. The molecule has 0 radical (unpaired) electrons. The number of nitrogens with one attached hydrogen (secondary N) is 1. The summed E-state index contributed by atoms with van der Waals surface area (Å²) in [4.78, 5) is 0.244. The number of rotatable bonds is 9. The van der Waals surface area contributed by atoms with Gasteiger partial charge in [0.15, 0.2) is 11.5 Å². The summed E-state index contributed by atoms with van der Waals surface area (Å²) < 4.78 is 45.2. The standard InChI is InChI=1S/C21H29NO5S/c1-7-26-18-10-9-17(13-20(18)27-8-2)16(5)22-28(23,24)21-12-14(3)19(25-6)11-15(21)4/h9-13,16,22H,7-8H2,1-6H3/t16-/m1/s1. The Bertz CT molecular complexity index is 925. The molecule has 0 spiro atoms. The zero-order valence-electron chi connectivity index (χ0n) is 17.3. The van der Waals surface area contributed by atoms with Crippen LogP contribution in [-0.2, 0) is 10.0 Å². The van der Waals surface area contributed by atoms with Gasteiger partial charge >= 0.3 is 0 Å². The SMILES string of the molecule is CCOc1ccc([C@@H](C)NS(=O)(=O)c2cc(C)c(OC)cc2C)cc1OCC. The lowest BCUT2D eigenvalue weighted by Crippen LogP contribution is -2.27. The summed E-state index contributed by atoms with van der Waals surface area (Å²) >= 11 is 0. The summed E-state index contributed by atoms with van der Waals surface area (Å²) in [6, 6.07) is 8.38. The van der Waals surface area contributed by atoms with Crippen molar-refractivity contribution in [2.24, 2.45) is 0 Å². The highest BCUT2D eigenvalue weighted by molar-refractivity contribution is 7.89. The van der Waals surface area contributed by atoms with Crippen molar-refractivity contribution in [3.63, 3.8) is 0 Å². The van der Waals surface area contributed by atoms with Crippen LogP contribution >= 0.6 is 0 Å². The van der Waals surface area contributed by atoms with E-state index in [-0.39, 0.29) is 4.90 Å². The van der Waals surface area contributed by atoms with Crippen molar-refractivity contribution in [2.45, 2.75) is 45.6 Å². The molecule has 0 fully saturated rings. The maximum Gasteiger partial charge on any atom is 0.241 e. The van der Waals surface area contributed by atoms with Gasteiger partial charge in [0.05, 0.1) is 25.2 Å². The van der Waals surface area contributed by atoms with Crippen molar-refractivity contribution in [1.82, 2.24) is 4.72 Å². The summed E-state index contributed by atoms with van der Waals surface area (Å²) in [5.74, 6) is 1.91. The minimum absolute atomic E-state index is 0.244. The molecule has 7 heteroatoms. The fourth-order valence-electron chi connectivity index (χ4n) is 2.97. The first kappa shape index (κ1) is 22.0. The zero-order chi connectivity index (χ0) is 20.9. The van der Waals surface area contributed by atoms with E-state index in [0.29, 0.717) is 36.0 Å². The first-order valence-electron chi connectivity index (χ1n) is 9.30. The third-order valence-electron chi connectivity index (χ3n) is 4.38. The van der Waals surface area contributed by atoms with Crippen LogP contribution in [-0.4, -0.2) is 28.7 Å². The van der Waals surface area contributed by atoms with E-state index in [0.717, 1.165) is 11.1 Å². The highest BCUT2D eigenvalue weighted by atomic mass is 32.2. The van der Waals surface area contributed by atoms with Crippen molar-refractivity contribution in [3.8, 4) is 17.2 Å². The second-order valence-corrected chi connectivity index (χ2v) is 8.18. The predicted octanol–water partition coefficient (Wildman–Crippen LogP) is 4.15. The Balaban J connectivity index is 2.32. The van der Waals surface area contributed by atoms with E-state index in [1.165, 1.54) is 0 Å². The Morgan fingerprint density at radius 3 is 2.18 bits per heavy atom. The number of benzene rings is 2. The molecule has 1 N–H and O–H groups in total. The highest BCUT2D eigenvalue weighted by Gasteiger charge is 2.22. The number of methoxy groups -OCH3 is 1. The van der Waals surface area contributed by atoms with Crippen LogP contribution in [0.15, 0.2) is 35.2 Å². The van der Waals surface area contributed by atoms with Gasteiger partial charge in [0, 0.05) is 6.04 Å². The van der Waals surface area contributed by atoms with Crippen LogP contribution in [0.1, 0.15) is 43.5 Å². The Hall–Kier alpha value is -2.25. The number of sulfonamides is 1. The minimum Gasteiger partial charge on any atom is -0.496 e. The largest absolute Gasteiger partial charge is 0.496 e. The van der Waals surface area contributed by atoms with Crippen molar-refractivity contribution >= 4 is 10.0 Å². The lowest BCUT2D eigenvalue weighted by atomic mass is 10.1. The van der Waals surface area contributed by atoms with Gasteiger partial charge in [-0.3, -0.25) is 0 Å². The van der Waals surface area contributed by atoms with Crippen molar-refractivity contribution in [3.05, 3.63) is 47.0 Å². The van der Waals surface area contributed by atoms with Crippen LogP contribution in [0.5, 0.6) is 17.2 Å². The molecule has 0 bridgehead atoms. The summed E-state index contributed by atoms with van der Waals surface area (Å²) in [6.45, 7) is 10.2. The van der Waals surface area contributed by atoms with Gasteiger partial charge in [-0.2, -0.15) is 0 Å². The fourth-order valence-corrected chi connectivity index (χ4v) is 4.52. The lowest BCUT2D eigenvalue weighted by Gasteiger charge is -2.19. The maximum atomic E-state index is 13.0. The molecule has 1 atom stereocenters. The topological polar surface area (TPSA) is 73.9 Å². The summed E-state index contributed by atoms with van der Waals surface area (Å²) in [6.07, 6.45) is 0. The summed E-state index contributed by atoms with van der Waals surface area (Å²) in [5.41, 5.74) is 2.18. The summed E-state index contributed by atoms with van der Waals surface area (Å²) in [5, 5.41) is 0. The van der Waals surface area contributed by atoms with Crippen LogP contribution in [0, 0.1) is 13.8 Å². The number of hydrogen-bond donors (Lipinski definition) is 1. The normalized spacial score (nSPS) is 12.5. The van der Waals surface area contributed by atoms with Gasteiger partial charge in [-0.05, 0) is 75.6 Å². The van der Waals surface area contributed by atoms with E-state index in [4.69, 9.17) is 14.2 Å². The van der Waals surface area contributed by atoms with E-state index in [1.807, 2.05) is 32.9 Å². The quantitative estimate of drug-likeness (QED) is 0.676. The van der Waals surface area contributed by atoms with E-state index in [9.17, 15) is 8.42 Å². The monoisotopic (exact) mass is 407 g/mol. The highest BCUT2D eigenvalue weighted by Crippen LogP contribution is 2.32. The van der Waals surface area contributed by atoms with Gasteiger partial charge in [0.2, 0.25) is 10.0 Å². The molecule has 0 aliphatic rings. The first-order valence-corrected chi connectivity index (χ1v) is 10.8. The van der Waals surface area contributed by atoms with Gasteiger partial charge in [0.25, 0.3) is 0 Å². The Morgan fingerprint density at radius 1 is 0.929 bits per heavy atom. The van der Waals surface area contributed by atoms with Crippen molar-refractivity contribution in [1.29, 1.82) is 0 Å². The van der Waals surface area contributed by atoms with Gasteiger partial charge < -0.3 is 14.2 Å². The second kappa shape index (κ2) is 9.30. The van der Waals surface area contributed by atoms with Crippen LogP contribution in [0.2, 0.25) is 0 Å². The number of hydrogen-bond acceptors (Lipinski definition) is 5. The third-order valence-corrected chi connectivity index (χ3v) is 6.06. The molecule has 0 aromatic heterocycles. The number of ether oxygens (including phenoxy) is 3. The molecule has 28 heavy (non-hydrogen) atoms. The molecule has 0 amide bonds. The van der Waals surface area contributed by atoms with Crippen molar-refractivity contribution in [2.75, 3.05) is 20.3 Å². The fraction of sp³-hybridized carbons (Fsp3) is 0.429. The molecule has 2 rings (SSSR count). The number of aryl methyl sites for hydroxylation is 2. The van der Waals surface area contributed by atoms with Crippen LogP contribution < -0.4 is 18.9 Å². The lowest BCUT2D eigenvalue weighted by molar-refractivity contribution is 0.287. The average molecular weight is 408 g/mol. The molecule has 0 aliphatic heterocycles. The second-order valence-electron chi connectivity index (χ2n) is 6.50. The molecule has 2 aromatic rings. The molecular formula is C21H29NO5S. The molecule has 0 unspecified atom stereocenters. The Labute approximate surface area is 167 Å². The van der Waals surface area contributed by atoms with Crippen molar-refractivity contribution < 1.29 is 22.6 Å².